The summed E-state index contributed by atoms with van der Waals surface area (Å²) in [4.78, 5) is 13.7. The molecule has 3 nitrogen and oxygen atoms in total. The molecular weight excluding hydrogens is 202 g/mol. The van der Waals surface area contributed by atoms with Gasteiger partial charge in [0.25, 0.3) is 0 Å². The Morgan fingerprint density at radius 1 is 1.44 bits per heavy atom. The molecule has 0 aromatic heterocycles. The van der Waals surface area contributed by atoms with Crippen LogP contribution in [0.2, 0.25) is 0 Å². The van der Waals surface area contributed by atoms with Crippen LogP contribution in [0.1, 0.15) is 32.6 Å². The Hall–Kier alpha value is -0.410. The lowest BCUT2D eigenvalue weighted by Gasteiger charge is -2.35. The average molecular weight is 225 g/mol. The van der Waals surface area contributed by atoms with E-state index in [-0.39, 0.29) is 5.41 Å². The summed E-state index contributed by atoms with van der Waals surface area (Å²) in [5.74, 6) is 0.906. The SMILES string of the molecule is CCC1CCN(CC2(C=O)CCOC2)CC1. The number of carbonyl (C=O) groups excluding carboxylic acids is 1. The van der Waals surface area contributed by atoms with Crippen molar-refractivity contribution in [2.75, 3.05) is 32.8 Å². The van der Waals surface area contributed by atoms with Crippen molar-refractivity contribution < 1.29 is 9.53 Å². The van der Waals surface area contributed by atoms with Crippen LogP contribution < -0.4 is 0 Å². The molecule has 1 atom stereocenters. The van der Waals surface area contributed by atoms with Crippen LogP contribution in [-0.2, 0) is 9.53 Å². The maximum absolute atomic E-state index is 11.2. The van der Waals surface area contributed by atoms with Crippen molar-refractivity contribution in [1.82, 2.24) is 4.90 Å². The minimum Gasteiger partial charge on any atom is -0.380 e. The topological polar surface area (TPSA) is 29.5 Å². The standard InChI is InChI=1S/C13H23NO2/c1-2-12-3-6-14(7-4-12)9-13(10-15)5-8-16-11-13/h10,12H,2-9,11H2,1H3. The van der Waals surface area contributed by atoms with Gasteiger partial charge in [-0.25, -0.2) is 0 Å². The Labute approximate surface area is 98.1 Å². The van der Waals surface area contributed by atoms with Crippen molar-refractivity contribution in [3.05, 3.63) is 0 Å². The summed E-state index contributed by atoms with van der Waals surface area (Å²) in [5.41, 5.74) is -0.195. The lowest BCUT2D eigenvalue weighted by atomic mass is 9.86. The van der Waals surface area contributed by atoms with Gasteiger partial charge in [0.15, 0.2) is 0 Å². The van der Waals surface area contributed by atoms with Gasteiger partial charge in [-0.05, 0) is 38.3 Å². The average Bonchev–Trinajstić information content (AvgIpc) is 2.79. The molecule has 0 saturated carbocycles. The van der Waals surface area contributed by atoms with Crippen LogP contribution in [0.4, 0.5) is 0 Å². The van der Waals surface area contributed by atoms with E-state index in [0.717, 1.165) is 44.9 Å². The van der Waals surface area contributed by atoms with Gasteiger partial charge >= 0.3 is 0 Å². The van der Waals surface area contributed by atoms with Gasteiger partial charge in [-0.15, -0.1) is 0 Å². The van der Waals surface area contributed by atoms with E-state index in [1.165, 1.54) is 19.3 Å². The predicted molar refractivity (Wildman–Crippen MR) is 63.4 cm³/mol. The van der Waals surface area contributed by atoms with Crippen LogP contribution >= 0.6 is 0 Å². The number of nitrogens with zero attached hydrogens (tertiary/aromatic N) is 1. The zero-order valence-electron chi connectivity index (χ0n) is 10.3. The molecule has 0 radical (unpaired) electrons. The van der Waals surface area contributed by atoms with Gasteiger partial charge in [-0.1, -0.05) is 13.3 Å². The van der Waals surface area contributed by atoms with Gasteiger partial charge in [-0.2, -0.15) is 0 Å². The van der Waals surface area contributed by atoms with Crippen molar-refractivity contribution in [3.63, 3.8) is 0 Å². The normalized spacial score (nSPS) is 33.1. The smallest absolute Gasteiger partial charge is 0.129 e. The largest absolute Gasteiger partial charge is 0.380 e. The zero-order chi connectivity index (χ0) is 11.4. The van der Waals surface area contributed by atoms with Crippen molar-refractivity contribution in [2.45, 2.75) is 32.6 Å². The van der Waals surface area contributed by atoms with E-state index in [4.69, 9.17) is 4.74 Å². The first-order chi connectivity index (χ1) is 7.78. The third-order valence-electron chi connectivity index (χ3n) is 4.21. The van der Waals surface area contributed by atoms with E-state index in [0.29, 0.717) is 6.61 Å². The maximum Gasteiger partial charge on any atom is 0.129 e. The minimum absolute atomic E-state index is 0.195. The van der Waals surface area contributed by atoms with Crippen LogP contribution in [0.15, 0.2) is 0 Å². The molecular formula is C13H23NO2. The molecule has 0 N–H and O–H groups in total. The van der Waals surface area contributed by atoms with Gasteiger partial charge in [0, 0.05) is 13.2 Å². The summed E-state index contributed by atoms with van der Waals surface area (Å²) < 4.78 is 5.38. The summed E-state index contributed by atoms with van der Waals surface area (Å²) >= 11 is 0. The first kappa shape index (κ1) is 12.1. The van der Waals surface area contributed by atoms with E-state index < -0.39 is 0 Å². The summed E-state index contributed by atoms with van der Waals surface area (Å²) in [7, 11) is 0. The highest BCUT2D eigenvalue weighted by atomic mass is 16.5. The molecule has 2 fully saturated rings. The second-order valence-corrected chi connectivity index (χ2v) is 5.41. The molecule has 0 aromatic carbocycles. The van der Waals surface area contributed by atoms with Crippen molar-refractivity contribution in [1.29, 1.82) is 0 Å². The first-order valence-electron chi connectivity index (χ1n) is 6.54. The summed E-state index contributed by atoms with van der Waals surface area (Å²) in [6, 6.07) is 0. The molecule has 1 unspecified atom stereocenters. The third-order valence-corrected chi connectivity index (χ3v) is 4.21. The first-order valence-corrected chi connectivity index (χ1v) is 6.54. The summed E-state index contributed by atoms with van der Waals surface area (Å²) in [6.07, 6.45) is 5.93. The van der Waals surface area contributed by atoms with Crippen LogP contribution in [0.5, 0.6) is 0 Å². The van der Waals surface area contributed by atoms with Gasteiger partial charge in [0.2, 0.25) is 0 Å². The Balaban J connectivity index is 1.83. The second kappa shape index (κ2) is 5.28. The molecule has 2 aliphatic heterocycles. The Bertz CT molecular complexity index is 228. The van der Waals surface area contributed by atoms with Crippen LogP contribution in [0, 0.1) is 11.3 Å². The van der Waals surface area contributed by atoms with E-state index >= 15 is 0 Å². The fraction of sp³-hybridized carbons (Fsp3) is 0.923. The fourth-order valence-electron chi connectivity index (χ4n) is 2.88. The second-order valence-electron chi connectivity index (χ2n) is 5.41. The lowest BCUT2D eigenvalue weighted by molar-refractivity contribution is -0.117. The number of ether oxygens (including phenoxy) is 1. The fourth-order valence-corrected chi connectivity index (χ4v) is 2.88. The number of hydrogen-bond acceptors (Lipinski definition) is 3. The third kappa shape index (κ3) is 2.64. The highest BCUT2D eigenvalue weighted by Gasteiger charge is 2.37. The number of likely N-dealkylation sites (tertiary alicyclic amines) is 1. The molecule has 2 aliphatic rings. The van der Waals surface area contributed by atoms with Crippen molar-refractivity contribution in [2.24, 2.45) is 11.3 Å². The van der Waals surface area contributed by atoms with E-state index in [9.17, 15) is 4.79 Å². The number of hydrogen-bond donors (Lipinski definition) is 0. The summed E-state index contributed by atoms with van der Waals surface area (Å²) in [6.45, 7) is 6.89. The zero-order valence-corrected chi connectivity index (χ0v) is 10.3. The highest BCUT2D eigenvalue weighted by molar-refractivity contribution is 5.60. The van der Waals surface area contributed by atoms with Crippen molar-refractivity contribution in [3.8, 4) is 0 Å². The monoisotopic (exact) mass is 225 g/mol. The van der Waals surface area contributed by atoms with E-state index in [1.54, 1.807) is 0 Å². The molecule has 0 amide bonds. The van der Waals surface area contributed by atoms with Crippen molar-refractivity contribution >= 4 is 6.29 Å². The van der Waals surface area contributed by atoms with Gasteiger partial charge in [0.05, 0.1) is 12.0 Å². The molecule has 2 heterocycles. The van der Waals surface area contributed by atoms with Crippen LogP contribution in [-0.4, -0.2) is 44.0 Å². The maximum atomic E-state index is 11.2. The van der Waals surface area contributed by atoms with Gasteiger partial charge in [0.1, 0.15) is 6.29 Å². The highest BCUT2D eigenvalue weighted by Crippen LogP contribution is 2.29. The minimum atomic E-state index is -0.195. The molecule has 0 aromatic rings. The van der Waals surface area contributed by atoms with Gasteiger partial charge < -0.3 is 14.4 Å². The Morgan fingerprint density at radius 2 is 2.19 bits per heavy atom. The van der Waals surface area contributed by atoms with E-state index in [2.05, 4.69) is 11.8 Å². The van der Waals surface area contributed by atoms with E-state index in [1.807, 2.05) is 0 Å². The van der Waals surface area contributed by atoms with Crippen LogP contribution in [0.3, 0.4) is 0 Å². The molecule has 0 bridgehead atoms. The summed E-state index contributed by atoms with van der Waals surface area (Å²) in [5, 5.41) is 0. The molecule has 3 heteroatoms. The molecule has 0 aliphatic carbocycles. The Kier molecular flexibility index (Phi) is 3.98. The molecule has 16 heavy (non-hydrogen) atoms. The number of rotatable bonds is 4. The lowest BCUT2D eigenvalue weighted by Crippen LogP contribution is -2.43. The molecule has 2 rings (SSSR count). The molecule has 2 saturated heterocycles. The number of piperidine rings is 1. The molecule has 92 valence electrons. The predicted octanol–water partition coefficient (Wildman–Crippen LogP) is 1.71. The van der Waals surface area contributed by atoms with Gasteiger partial charge in [-0.3, -0.25) is 0 Å². The molecule has 0 spiro atoms. The number of carbonyl (C=O) groups is 1. The van der Waals surface area contributed by atoms with Crippen LogP contribution in [0.25, 0.3) is 0 Å². The number of aldehydes is 1. The quantitative estimate of drug-likeness (QED) is 0.682. The Morgan fingerprint density at radius 3 is 2.69 bits per heavy atom.